The van der Waals surface area contributed by atoms with Crippen LogP contribution in [0.3, 0.4) is 0 Å². The topological polar surface area (TPSA) is 15.3 Å². The summed E-state index contributed by atoms with van der Waals surface area (Å²) < 4.78 is 0. The number of nitrogens with zero attached hydrogens (tertiary/aromatic N) is 1. The summed E-state index contributed by atoms with van der Waals surface area (Å²) in [5, 5.41) is 3.68. The van der Waals surface area contributed by atoms with Gasteiger partial charge in [0.05, 0.1) is 0 Å². The molecule has 0 radical (unpaired) electrons. The monoisotopic (exact) mass is 212 g/mol. The third-order valence-electron chi connectivity index (χ3n) is 3.51. The van der Waals surface area contributed by atoms with Crippen molar-refractivity contribution in [1.82, 2.24) is 10.2 Å². The Kier molecular flexibility index (Phi) is 6.26. The number of hydrogen-bond acceptors (Lipinski definition) is 2. The van der Waals surface area contributed by atoms with E-state index in [0.29, 0.717) is 0 Å². The molecule has 0 aromatic rings. The highest BCUT2D eigenvalue weighted by Gasteiger charge is 2.21. The largest absolute Gasteiger partial charge is 0.313 e. The minimum Gasteiger partial charge on any atom is -0.313 e. The Morgan fingerprint density at radius 2 is 2.07 bits per heavy atom. The van der Waals surface area contributed by atoms with E-state index in [1.807, 2.05) is 0 Å². The molecule has 1 aliphatic heterocycles. The van der Waals surface area contributed by atoms with E-state index in [9.17, 15) is 0 Å². The molecule has 1 rings (SSSR count). The van der Waals surface area contributed by atoms with Gasteiger partial charge < -0.3 is 5.32 Å². The molecule has 0 aromatic heterocycles. The van der Waals surface area contributed by atoms with Crippen molar-refractivity contribution in [3.63, 3.8) is 0 Å². The quantitative estimate of drug-likeness (QED) is 0.753. The number of rotatable bonds is 5. The number of hydrogen-bond donors (Lipinski definition) is 1. The first kappa shape index (κ1) is 13.0. The molecular formula is C13H28N2. The van der Waals surface area contributed by atoms with Crippen LogP contribution in [0.25, 0.3) is 0 Å². The number of nitrogens with one attached hydrogen (secondary N) is 1. The number of unbranched alkanes of at least 4 members (excludes halogenated alkanes) is 1. The van der Waals surface area contributed by atoms with Gasteiger partial charge in [-0.05, 0) is 39.3 Å². The van der Waals surface area contributed by atoms with Crippen LogP contribution in [-0.4, -0.2) is 36.6 Å². The summed E-state index contributed by atoms with van der Waals surface area (Å²) >= 11 is 0. The van der Waals surface area contributed by atoms with E-state index < -0.39 is 0 Å². The van der Waals surface area contributed by atoms with Crippen LogP contribution in [0.4, 0.5) is 0 Å². The van der Waals surface area contributed by atoms with Gasteiger partial charge in [0.15, 0.2) is 0 Å². The highest BCUT2D eigenvalue weighted by molar-refractivity contribution is 4.80. The fourth-order valence-corrected chi connectivity index (χ4v) is 2.42. The van der Waals surface area contributed by atoms with Crippen LogP contribution in [0.15, 0.2) is 0 Å². The summed E-state index contributed by atoms with van der Waals surface area (Å²) in [4.78, 5) is 2.68. The van der Waals surface area contributed by atoms with Crippen molar-refractivity contribution in [2.45, 2.75) is 65.0 Å². The summed E-state index contributed by atoms with van der Waals surface area (Å²) in [5.41, 5.74) is 0. The van der Waals surface area contributed by atoms with Gasteiger partial charge in [0.25, 0.3) is 0 Å². The lowest BCUT2D eigenvalue weighted by Gasteiger charge is -2.28. The third kappa shape index (κ3) is 4.52. The average Bonchev–Trinajstić information content (AvgIpc) is 2.39. The second kappa shape index (κ2) is 7.24. The Bertz CT molecular complexity index is 159. The van der Waals surface area contributed by atoms with E-state index in [4.69, 9.17) is 0 Å². The first-order chi connectivity index (χ1) is 7.27. The molecule has 2 atom stereocenters. The van der Waals surface area contributed by atoms with Crippen LogP contribution in [0.2, 0.25) is 0 Å². The molecule has 1 saturated heterocycles. The van der Waals surface area contributed by atoms with Crippen LogP contribution < -0.4 is 5.32 Å². The van der Waals surface area contributed by atoms with Gasteiger partial charge in [0.1, 0.15) is 0 Å². The van der Waals surface area contributed by atoms with Crippen molar-refractivity contribution in [3.05, 3.63) is 0 Å². The Hall–Kier alpha value is -0.0800. The lowest BCUT2D eigenvalue weighted by atomic mass is 10.1. The van der Waals surface area contributed by atoms with Crippen LogP contribution >= 0.6 is 0 Å². The molecule has 0 bridgehead atoms. The summed E-state index contributed by atoms with van der Waals surface area (Å²) in [6, 6.07) is 1.50. The van der Waals surface area contributed by atoms with Gasteiger partial charge in [-0.1, -0.05) is 26.7 Å². The van der Waals surface area contributed by atoms with Gasteiger partial charge >= 0.3 is 0 Å². The van der Waals surface area contributed by atoms with E-state index in [-0.39, 0.29) is 0 Å². The lowest BCUT2D eigenvalue weighted by Crippen LogP contribution is -2.40. The fourth-order valence-electron chi connectivity index (χ4n) is 2.42. The van der Waals surface area contributed by atoms with Crippen molar-refractivity contribution in [1.29, 1.82) is 0 Å². The highest BCUT2D eigenvalue weighted by Crippen LogP contribution is 2.12. The zero-order valence-electron chi connectivity index (χ0n) is 10.8. The molecule has 0 spiro atoms. The van der Waals surface area contributed by atoms with E-state index in [0.717, 1.165) is 12.1 Å². The lowest BCUT2D eigenvalue weighted by molar-refractivity contribution is 0.199. The Labute approximate surface area is 95.4 Å². The summed E-state index contributed by atoms with van der Waals surface area (Å²) in [5.74, 6) is 0. The van der Waals surface area contributed by atoms with Crippen molar-refractivity contribution in [2.24, 2.45) is 0 Å². The van der Waals surface area contributed by atoms with Crippen LogP contribution in [0.5, 0.6) is 0 Å². The molecule has 1 heterocycles. The molecule has 0 saturated carbocycles. The first-order valence-corrected chi connectivity index (χ1v) is 6.75. The Morgan fingerprint density at radius 1 is 1.27 bits per heavy atom. The molecule has 0 aromatic carbocycles. The van der Waals surface area contributed by atoms with Gasteiger partial charge in [-0.25, -0.2) is 0 Å². The Morgan fingerprint density at radius 3 is 2.73 bits per heavy atom. The third-order valence-corrected chi connectivity index (χ3v) is 3.51. The molecule has 0 aliphatic carbocycles. The van der Waals surface area contributed by atoms with Crippen molar-refractivity contribution in [3.8, 4) is 0 Å². The van der Waals surface area contributed by atoms with E-state index in [1.165, 1.54) is 51.7 Å². The van der Waals surface area contributed by atoms with Gasteiger partial charge in [0.2, 0.25) is 0 Å². The van der Waals surface area contributed by atoms with Crippen LogP contribution in [0, 0.1) is 0 Å². The molecule has 0 amide bonds. The van der Waals surface area contributed by atoms with E-state index >= 15 is 0 Å². The van der Waals surface area contributed by atoms with Gasteiger partial charge in [-0.15, -0.1) is 0 Å². The Balaban J connectivity index is 2.41. The minimum absolute atomic E-state index is 0.733. The molecule has 15 heavy (non-hydrogen) atoms. The minimum atomic E-state index is 0.733. The molecule has 90 valence electrons. The zero-order chi connectivity index (χ0) is 11.1. The SMILES string of the molecule is CCCCN1CC(CCC)NCCC1C. The molecule has 1 fully saturated rings. The first-order valence-electron chi connectivity index (χ1n) is 6.75. The second-order valence-electron chi connectivity index (χ2n) is 4.93. The van der Waals surface area contributed by atoms with Gasteiger partial charge in [-0.3, -0.25) is 4.90 Å². The summed E-state index contributed by atoms with van der Waals surface area (Å²) in [6.07, 6.45) is 6.60. The second-order valence-corrected chi connectivity index (χ2v) is 4.93. The zero-order valence-corrected chi connectivity index (χ0v) is 10.8. The van der Waals surface area contributed by atoms with Crippen molar-refractivity contribution < 1.29 is 0 Å². The fraction of sp³-hybridized carbons (Fsp3) is 1.00. The predicted octanol–water partition coefficient (Wildman–Crippen LogP) is 2.64. The van der Waals surface area contributed by atoms with Gasteiger partial charge in [0, 0.05) is 18.6 Å². The van der Waals surface area contributed by atoms with Crippen LogP contribution in [-0.2, 0) is 0 Å². The molecule has 1 N–H and O–H groups in total. The highest BCUT2D eigenvalue weighted by atomic mass is 15.2. The van der Waals surface area contributed by atoms with Crippen LogP contribution in [0.1, 0.15) is 52.9 Å². The van der Waals surface area contributed by atoms with Gasteiger partial charge in [-0.2, -0.15) is 0 Å². The molecule has 1 aliphatic rings. The molecule has 2 heteroatoms. The smallest absolute Gasteiger partial charge is 0.0195 e. The van der Waals surface area contributed by atoms with Crippen molar-refractivity contribution >= 4 is 0 Å². The standard InChI is InChI=1S/C13H28N2/c1-4-6-10-15-11-13(7-5-2)14-9-8-12(15)3/h12-14H,4-11H2,1-3H3. The molecule has 2 nitrogen and oxygen atoms in total. The van der Waals surface area contributed by atoms with Crippen molar-refractivity contribution in [2.75, 3.05) is 19.6 Å². The predicted molar refractivity (Wildman–Crippen MR) is 67.3 cm³/mol. The maximum Gasteiger partial charge on any atom is 0.0195 e. The molecular weight excluding hydrogens is 184 g/mol. The van der Waals surface area contributed by atoms with E-state index in [1.54, 1.807) is 0 Å². The summed E-state index contributed by atoms with van der Waals surface area (Å²) in [7, 11) is 0. The van der Waals surface area contributed by atoms with E-state index in [2.05, 4.69) is 31.0 Å². The average molecular weight is 212 g/mol. The molecule has 2 unspecified atom stereocenters. The maximum absolute atomic E-state index is 3.68. The maximum atomic E-state index is 3.68. The normalized spacial score (nSPS) is 29.0. The summed E-state index contributed by atoms with van der Waals surface area (Å²) in [6.45, 7) is 10.7.